The Morgan fingerprint density at radius 3 is 3.06 bits per heavy atom. The zero-order chi connectivity index (χ0) is 11.7. The molecule has 0 radical (unpaired) electrons. The van der Waals surface area contributed by atoms with Crippen LogP contribution in [0.5, 0.6) is 5.88 Å². The van der Waals surface area contributed by atoms with Gasteiger partial charge in [-0.05, 0) is 19.9 Å². The fourth-order valence-corrected chi connectivity index (χ4v) is 1.42. The maximum Gasteiger partial charge on any atom is 0.343 e. The number of ether oxygens (including phenoxy) is 1. The average molecular weight is 221 g/mol. The van der Waals surface area contributed by atoms with Gasteiger partial charge in [0.25, 0.3) is 0 Å². The second kappa shape index (κ2) is 3.80. The summed E-state index contributed by atoms with van der Waals surface area (Å²) in [4.78, 5) is 15.3. The molecule has 0 bridgehead atoms. The molecular formula is C10H11N3O3. The average Bonchev–Trinajstić information content (AvgIpc) is 2.59. The van der Waals surface area contributed by atoms with Gasteiger partial charge in [-0.15, -0.1) is 0 Å². The van der Waals surface area contributed by atoms with Gasteiger partial charge in [-0.3, -0.25) is 5.10 Å². The zero-order valence-electron chi connectivity index (χ0n) is 8.94. The van der Waals surface area contributed by atoms with Crippen LogP contribution >= 0.6 is 0 Å². The number of aromatic nitrogens is 3. The van der Waals surface area contributed by atoms with Crippen molar-refractivity contribution in [3.8, 4) is 5.88 Å². The van der Waals surface area contributed by atoms with E-state index in [9.17, 15) is 9.90 Å². The number of hydrogen-bond donors (Lipinski definition) is 2. The maximum atomic E-state index is 11.5. The Morgan fingerprint density at radius 1 is 1.62 bits per heavy atom. The molecule has 0 amide bonds. The van der Waals surface area contributed by atoms with Crippen LogP contribution < -0.4 is 0 Å². The molecule has 16 heavy (non-hydrogen) atoms. The predicted octanol–water partition coefficient (Wildman–Crippen LogP) is 1.15. The van der Waals surface area contributed by atoms with Crippen molar-refractivity contribution in [3.05, 3.63) is 17.3 Å². The number of pyridine rings is 1. The maximum absolute atomic E-state index is 11.5. The zero-order valence-corrected chi connectivity index (χ0v) is 8.94. The number of aromatic hydroxyl groups is 1. The summed E-state index contributed by atoms with van der Waals surface area (Å²) in [6, 6.07) is 1.52. The van der Waals surface area contributed by atoms with E-state index in [4.69, 9.17) is 4.74 Å². The third kappa shape index (κ3) is 1.58. The Bertz CT molecular complexity index is 547. The van der Waals surface area contributed by atoms with Crippen LogP contribution in [0.15, 0.2) is 6.07 Å². The molecule has 0 unspecified atom stereocenters. The molecule has 0 aromatic carbocycles. The van der Waals surface area contributed by atoms with Crippen LogP contribution in [0.2, 0.25) is 0 Å². The lowest BCUT2D eigenvalue weighted by Gasteiger charge is -2.03. The summed E-state index contributed by atoms with van der Waals surface area (Å²) in [6.07, 6.45) is 0. The number of carbonyl (C=O) groups excluding carboxylic acids is 1. The molecule has 0 spiro atoms. The van der Waals surface area contributed by atoms with E-state index in [-0.39, 0.29) is 18.1 Å². The highest BCUT2D eigenvalue weighted by atomic mass is 16.5. The molecule has 0 aliphatic rings. The van der Waals surface area contributed by atoms with Gasteiger partial charge in [0.05, 0.1) is 12.3 Å². The highest BCUT2D eigenvalue weighted by Crippen LogP contribution is 2.22. The Balaban J connectivity index is 2.56. The summed E-state index contributed by atoms with van der Waals surface area (Å²) >= 11 is 0. The van der Waals surface area contributed by atoms with Crippen LogP contribution in [0.1, 0.15) is 23.0 Å². The number of rotatable bonds is 2. The number of aromatic amines is 1. The third-order valence-electron chi connectivity index (χ3n) is 2.22. The van der Waals surface area contributed by atoms with Gasteiger partial charge in [-0.1, -0.05) is 0 Å². The SMILES string of the molecule is CCOC(=O)c1cc2c(C)n[nH]c2nc1O. The first kappa shape index (κ1) is 10.4. The fraction of sp³-hybridized carbons (Fsp3) is 0.300. The fourth-order valence-electron chi connectivity index (χ4n) is 1.42. The van der Waals surface area contributed by atoms with Crippen LogP contribution in [0.25, 0.3) is 11.0 Å². The quantitative estimate of drug-likeness (QED) is 0.742. The number of fused-ring (bicyclic) bond motifs is 1. The van der Waals surface area contributed by atoms with Gasteiger partial charge < -0.3 is 9.84 Å². The smallest absolute Gasteiger partial charge is 0.343 e. The Labute approximate surface area is 91.3 Å². The first-order chi connectivity index (χ1) is 7.63. The molecule has 6 heteroatoms. The molecular weight excluding hydrogens is 210 g/mol. The van der Waals surface area contributed by atoms with Crippen LogP contribution in [-0.4, -0.2) is 32.9 Å². The minimum atomic E-state index is -0.588. The molecule has 84 valence electrons. The minimum absolute atomic E-state index is 0.0545. The topological polar surface area (TPSA) is 88.1 Å². The number of aryl methyl sites for hydroxylation is 1. The van der Waals surface area contributed by atoms with E-state index >= 15 is 0 Å². The molecule has 0 atom stereocenters. The number of esters is 1. The highest BCUT2D eigenvalue weighted by Gasteiger charge is 2.16. The van der Waals surface area contributed by atoms with Crippen molar-refractivity contribution < 1.29 is 14.6 Å². The summed E-state index contributed by atoms with van der Waals surface area (Å²) in [5, 5.41) is 16.8. The lowest BCUT2D eigenvalue weighted by molar-refractivity contribution is 0.0522. The number of nitrogens with one attached hydrogen (secondary N) is 1. The number of nitrogens with zero attached hydrogens (tertiary/aromatic N) is 2. The van der Waals surface area contributed by atoms with E-state index in [1.54, 1.807) is 13.8 Å². The van der Waals surface area contributed by atoms with E-state index in [1.165, 1.54) is 6.07 Å². The van der Waals surface area contributed by atoms with Crippen LogP contribution in [-0.2, 0) is 4.74 Å². The normalized spacial score (nSPS) is 10.6. The molecule has 6 nitrogen and oxygen atoms in total. The Morgan fingerprint density at radius 2 is 2.38 bits per heavy atom. The van der Waals surface area contributed by atoms with Crippen molar-refractivity contribution in [1.29, 1.82) is 0 Å². The van der Waals surface area contributed by atoms with Crippen molar-refractivity contribution in [2.45, 2.75) is 13.8 Å². The van der Waals surface area contributed by atoms with Gasteiger partial charge in [0.2, 0.25) is 5.88 Å². The Kier molecular flexibility index (Phi) is 2.47. The predicted molar refractivity (Wildman–Crippen MR) is 56.2 cm³/mol. The second-order valence-electron chi connectivity index (χ2n) is 3.29. The van der Waals surface area contributed by atoms with Crippen LogP contribution in [0.3, 0.4) is 0 Å². The third-order valence-corrected chi connectivity index (χ3v) is 2.22. The lowest BCUT2D eigenvalue weighted by Crippen LogP contribution is -2.05. The Hall–Kier alpha value is -2.11. The number of H-pyrrole nitrogens is 1. The van der Waals surface area contributed by atoms with Crippen molar-refractivity contribution >= 4 is 17.0 Å². The van der Waals surface area contributed by atoms with Gasteiger partial charge in [0.1, 0.15) is 5.56 Å². The summed E-state index contributed by atoms with van der Waals surface area (Å²) in [7, 11) is 0. The van der Waals surface area contributed by atoms with E-state index < -0.39 is 5.97 Å². The standard InChI is InChI=1S/C10H11N3O3/c1-3-16-10(15)7-4-6-5(2)12-13-8(6)11-9(7)14/h4H,3H2,1-2H3,(H2,11,12,13,14). The van der Waals surface area contributed by atoms with Crippen molar-refractivity contribution in [2.24, 2.45) is 0 Å². The molecule has 0 fully saturated rings. The van der Waals surface area contributed by atoms with Crippen molar-refractivity contribution in [3.63, 3.8) is 0 Å². The summed E-state index contributed by atoms with van der Waals surface area (Å²) in [5.74, 6) is -0.940. The lowest BCUT2D eigenvalue weighted by atomic mass is 10.2. The molecule has 0 aliphatic carbocycles. The van der Waals surface area contributed by atoms with Gasteiger partial charge in [0, 0.05) is 5.39 Å². The largest absolute Gasteiger partial charge is 0.493 e. The van der Waals surface area contributed by atoms with E-state index in [0.29, 0.717) is 16.7 Å². The molecule has 2 N–H and O–H groups in total. The molecule has 2 aromatic rings. The molecule has 2 aromatic heterocycles. The van der Waals surface area contributed by atoms with Gasteiger partial charge in [-0.2, -0.15) is 10.1 Å². The first-order valence-electron chi connectivity index (χ1n) is 4.85. The second-order valence-corrected chi connectivity index (χ2v) is 3.29. The van der Waals surface area contributed by atoms with Gasteiger partial charge >= 0.3 is 5.97 Å². The van der Waals surface area contributed by atoms with E-state index in [2.05, 4.69) is 15.2 Å². The van der Waals surface area contributed by atoms with E-state index in [0.717, 1.165) is 0 Å². The summed E-state index contributed by atoms with van der Waals surface area (Å²) in [6.45, 7) is 3.73. The molecule has 2 rings (SSSR count). The molecule has 0 saturated heterocycles. The molecule has 2 heterocycles. The molecule has 0 saturated carbocycles. The van der Waals surface area contributed by atoms with Gasteiger partial charge in [-0.25, -0.2) is 4.79 Å². The summed E-state index contributed by atoms with van der Waals surface area (Å²) in [5.41, 5.74) is 1.22. The van der Waals surface area contributed by atoms with Crippen LogP contribution in [0, 0.1) is 6.92 Å². The van der Waals surface area contributed by atoms with E-state index in [1.807, 2.05) is 0 Å². The number of carbonyl (C=O) groups is 1. The van der Waals surface area contributed by atoms with Crippen molar-refractivity contribution in [2.75, 3.05) is 6.61 Å². The molecule has 0 aliphatic heterocycles. The first-order valence-corrected chi connectivity index (χ1v) is 4.85. The highest BCUT2D eigenvalue weighted by molar-refractivity contribution is 5.96. The van der Waals surface area contributed by atoms with Gasteiger partial charge in [0.15, 0.2) is 5.65 Å². The minimum Gasteiger partial charge on any atom is -0.493 e. The van der Waals surface area contributed by atoms with Crippen molar-refractivity contribution in [1.82, 2.24) is 15.2 Å². The monoisotopic (exact) mass is 221 g/mol. The number of hydrogen-bond acceptors (Lipinski definition) is 5. The van der Waals surface area contributed by atoms with Crippen LogP contribution in [0.4, 0.5) is 0 Å². The summed E-state index contributed by atoms with van der Waals surface area (Å²) < 4.78 is 4.80.